The number of benzene rings is 2. The molecule has 1 fully saturated rings. The first kappa shape index (κ1) is 19.4. The van der Waals surface area contributed by atoms with Gasteiger partial charge >= 0.3 is 0 Å². The molecular weight excluding hydrogens is 362 g/mol. The molecule has 5 heteroatoms. The molecule has 1 aliphatic rings. The number of hydrogen-bond acceptors (Lipinski definition) is 4. The van der Waals surface area contributed by atoms with E-state index in [-0.39, 0.29) is 5.91 Å². The van der Waals surface area contributed by atoms with Gasteiger partial charge < -0.3 is 9.64 Å². The Morgan fingerprint density at radius 1 is 1.03 bits per heavy atom. The number of fused-ring (bicyclic) bond motifs is 1. The zero-order valence-corrected chi connectivity index (χ0v) is 17.3. The minimum atomic E-state index is 0.103. The van der Waals surface area contributed by atoms with Crippen LogP contribution in [0.25, 0.3) is 22.0 Å². The maximum absolute atomic E-state index is 13.1. The van der Waals surface area contributed by atoms with Crippen molar-refractivity contribution in [3.8, 4) is 16.9 Å². The van der Waals surface area contributed by atoms with Crippen molar-refractivity contribution in [3.05, 3.63) is 60.3 Å². The van der Waals surface area contributed by atoms with Gasteiger partial charge in [0.05, 0.1) is 7.11 Å². The van der Waals surface area contributed by atoms with E-state index in [9.17, 15) is 4.79 Å². The van der Waals surface area contributed by atoms with Gasteiger partial charge in [-0.05, 0) is 55.3 Å². The average Bonchev–Trinajstić information content (AvgIpc) is 2.78. The fourth-order valence-corrected chi connectivity index (χ4v) is 4.01. The molecule has 3 aromatic rings. The molecule has 1 aliphatic heterocycles. The second kappa shape index (κ2) is 8.21. The van der Waals surface area contributed by atoms with E-state index in [0.29, 0.717) is 6.04 Å². The molecule has 150 valence electrons. The molecule has 5 nitrogen and oxygen atoms in total. The zero-order chi connectivity index (χ0) is 20.4. The summed E-state index contributed by atoms with van der Waals surface area (Å²) in [6, 6.07) is 16.4. The molecule has 1 saturated heterocycles. The van der Waals surface area contributed by atoms with E-state index in [1.807, 2.05) is 53.4 Å². The van der Waals surface area contributed by atoms with Gasteiger partial charge in [0.1, 0.15) is 11.3 Å². The van der Waals surface area contributed by atoms with Crippen LogP contribution < -0.4 is 4.74 Å². The van der Waals surface area contributed by atoms with Crippen molar-refractivity contribution < 1.29 is 9.53 Å². The van der Waals surface area contributed by atoms with E-state index >= 15 is 0 Å². The van der Waals surface area contributed by atoms with Crippen molar-refractivity contribution in [3.63, 3.8) is 0 Å². The molecule has 4 rings (SSSR count). The predicted molar refractivity (Wildman–Crippen MR) is 116 cm³/mol. The SMILES string of the molecule is COc1ccc(-c2cccc(C(=O)N3CCN(C(C)C)CC3)c2)c2cccnc12. The van der Waals surface area contributed by atoms with Gasteiger partial charge in [-0.15, -0.1) is 0 Å². The smallest absolute Gasteiger partial charge is 0.253 e. The normalized spacial score (nSPS) is 15.1. The number of piperazine rings is 1. The van der Waals surface area contributed by atoms with E-state index in [2.05, 4.69) is 23.7 Å². The molecule has 2 aromatic carbocycles. The molecule has 0 saturated carbocycles. The number of carbonyl (C=O) groups excluding carboxylic acids is 1. The number of pyridine rings is 1. The maximum Gasteiger partial charge on any atom is 0.253 e. The van der Waals surface area contributed by atoms with Crippen LogP contribution in [0, 0.1) is 0 Å². The van der Waals surface area contributed by atoms with Crippen LogP contribution in [0.2, 0.25) is 0 Å². The summed E-state index contributed by atoms with van der Waals surface area (Å²) in [5.41, 5.74) is 3.62. The first-order valence-electron chi connectivity index (χ1n) is 10.1. The Bertz CT molecular complexity index is 1020. The summed E-state index contributed by atoms with van der Waals surface area (Å²) in [6.45, 7) is 7.81. The number of ether oxygens (including phenoxy) is 1. The molecule has 0 bridgehead atoms. The van der Waals surface area contributed by atoms with Crippen LogP contribution in [0.4, 0.5) is 0 Å². The molecule has 0 unspecified atom stereocenters. The molecule has 29 heavy (non-hydrogen) atoms. The lowest BCUT2D eigenvalue weighted by atomic mass is 9.98. The van der Waals surface area contributed by atoms with E-state index in [4.69, 9.17) is 4.74 Å². The Kier molecular flexibility index (Phi) is 5.49. The highest BCUT2D eigenvalue weighted by Gasteiger charge is 2.23. The van der Waals surface area contributed by atoms with E-state index in [1.165, 1.54) is 0 Å². The van der Waals surface area contributed by atoms with Gasteiger partial charge in [-0.2, -0.15) is 0 Å². The lowest BCUT2D eigenvalue weighted by molar-refractivity contribution is 0.0595. The fourth-order valence-electron chi connectivity index (χ4n) is 4.01. The Hall–Kier alpha value is -2.92. The van der Waals surface area contributed by atoms with Gasteiger partial charge in [-0.3, -0.25) is 14.7 Å². The quantitative estimate of drug-likeness (QED) is 0.675. The van der Waals surface area contributed by atoms with E-state index < -0.39 is 0 Å². The zero-order valence-electron chi connectivity index (χ0n) is 17.3. The molecule has 0 radical (unpaired) electrons. The highest BCUT2D eigenvalue weighted by Crippen LogP contribution is 2.33. The minimum absolute atomic E-state index is 0.103. The fraction of sp³-hybridized carbons (Fsp3) is 0.333. The second-order valence-corrected chi connectivity index (χ2v) is 7.72. The van der Waals surface area contributed by atoms with Crippen molar-refractivity contribution in [2.24, 2.45) is 0 Å². The van der Waals surface area contributed by atoms with Crippen molar-refractivity contribution in [2.45, 2.75) is 19.9 Å². The molecule has 0 spiro atoms. The van der Waals surface area contributed by atoms with Crippen LogP contribution in [-0.4, -0.2) is 60.0 Å². The first-order valence-corrected chi connectivity index (χ1v) is 10.1. The lowest BCUT2D eigenvalue weighted by Crippen LogP contribution is -2.50. The number of carbonyl (C=O) groups is 1. The summed E-state index contributed by atoms with van der Waals surface area (Å²) >= 11 is 0. The number of amides is 1. The predicted octanol–water partition coefficient (Wildman–Crippen LogP) is 4.08. The third-order valence-corrected chi connectivity index (χ3v) is 5.70. The lowest BCUT2D eigenvalue weighted by Gasteiger charge is -2.37. The van der Waals surface area contributed by atoms with Gasteiger partial charge in [0.2, 0.25) is 0 Å². The summed E-state index contributed by atoms with van der Waals surface area (Å²) in [5, 5.41) is 1.02. The standard InChI is InChI=1S/C24H27N3O2/c1-17(2)26-12-14-27(15-13-26)24(28)19-7-4-6-18(16-19)20-9-10-22(29-3)23-21(20)8-5-11-25-23/h4-11,16-17H,12-15H2,1-3H3. The highest BCUT2D eigenvalue weighted by atomic mass is 16.5. The third-order valence-electron chi connectivity index (χ3n) is 5.70. The number of aromatic nitrogens is 1. The molecule has 2 heterocycles. The summed E-state index contributed by atoms with van der Waals surface area (Å²) in [4.78, 5) is 22.0. The van der Waals surface area contributed by atoms with Crippen molar-refractivity contribution >= 4 is 16.8 Å². The largest absolute Gasteiger partial charge is 0.494 e. The Labute approximate surface area is 171 Å². The summed E-state index contributed by atoms with van der Waals surface area (Å²) in [5.74, 6) is 0.853. The minimum Gasteiger partial charge on any atom is -0.494 e. The Morgan fingerprint density at radius 2 is 1.83 bits per heavy atom. The number of nitrogens with zero attached hydrogens (tertiary/aromatic N) is 3. The maximum atomic E-state index is 13.1. The molecule has 0 aliphatic carbocycles. The first-order chi connectivity index (χ1) is 14.1. The Morgan fingerprint density at radius 3 is 2.55 bits per heavy atom. The Balaban J connectivity index is 1.63. The van der Waals surface area contributed by atoms with Crippen molar-refractivity contribution in [2.75, 3.05) is 33.3 Å². The number of methoxy groups -OCH3 is 1. The van der Waals surface area contributed by atoms with Gasteiger partial charge in [-0.1, -0.05) is 18.2 Å². The van der Waals surface area contributed by atoms with Crippen molar-refractivity contribution in [1.82, 2.24) is 14.8 Å². The average molecular weight is 389 g/mol. The molecule has 1 amide bonds. The van der Waals surface area contributed by atoms with Gasteiger partial charge in [-0.25, -0.2) is 0 Å². The van der Waals surface area contributed by atoms with Gasteiger partial charge in [0, 0.05) is 49.4 Å². The van der Waals surface area contributed by atoms with Crippen LogP contribution in [0.5, 0.6) is 5.75 Å². The molecule has 0 atom stereocenters. The number of hydrogen-bond donors (Lipinski definition) is 0. The highest BCUT2D eigenvalue weighted by molar-refractivity contribution is 6.00. The van der Waals surface area contributed by atoms with Gasteiger partial charge in [0.15, 0.2) is 0 Å². The molecule has 0 N–H and O–H groups in total. The summed E-state index contributed by atoms with van der Waals surface area (Å²) in [6.07, 6.45) is 1.77. The topological polar surface area (TPSA) is 45.7 Å². The van der Waals surface area contributed by atoms with Gasteiger partial charge in [0.25, 0.3) is 5.91 Å². The van der Waals surface area contributed by atoms with Crippen LogP contribution in [-0.2, 0) is 0 Å². The van der Waals surface area contributed by atoms with Crippen LogP contribution >= 0.6 is 0 Å². The summed E-state index contributed by atoms with van der Waals surface area (Å²) in [7, 11) is 1.65. The molecular formula is C24H27N3O2. The second-order valence-electron chi connectivity index (χ2n) is 7.72. The summed E-state index contributed by atoms with van der Waals surface area (Å²) < 4.78 is 5.46. The van der Waals surface area contributed by atoms with Crippen LogP contribution in [0.15, 0.2) is 54.7 Å². The van der Waals surface area contributed by atoms with Crippen molar-refractivity contribution in [1.29, 1.82) is 0 Å². The van der Waals surface area contributed by atoms with Crippen LogP contribution in [0.3, 0.4) is 0 Å². The number of rotatable bonds is 4. The third kappa shape index (κ3) is 3.83. The monoisotopic (exact) mass is 389 g/mol. The molecule has 1 aromatic heterocycles. The van der Waals surface area contributed by atoms with E-state index in [1.54, 1.807) is 13.3 Å². The van der Waals surface area contributed by atoms with Crippen LogP contribution in [0.1, 0.15) is 24.2 Å². The van der Waals surface area contributed by atoms with E-state index in [0.717, 1.165) is 59.5 Å².